The van der Waals surface area contributed by atoms with Crippen LogP contribution >= 0.6 is 0 Å². The van der Waals surface area contributed by atoms with Crippen molar-refractivity contribution in [3.05, 3.63) is 6.07 Å². The number of ether oxygens (including phenoxy) is 1. The summed E-state index contributed by atoms with van der Waals surface area (Å²) in [6.45, 7) is 6.50. The van der Waals surface area contributed by atoms with Gasteiger partial charge in [-0.3, -0.25) is 0 Å². The van der Waals surface area contributed by atoms with Crippen LogP contribution in [0.3, 0.4) is 0 Å². The third-order valence-corrected chi connectivity index (χ3v) is 3.05. The van der Waals surface area contributed by atoms with Gasteiger partial charge in [0.05, 0.1) is 5.60 Å². The summed E-state index contributed by atoms with van der Waals surface area (Å²) in [5.41, 5.74) is 5.57. The molecule has 0 bridgehead atoms. The molecule has 6 nitrogen and oxygen atoms in total. The van der Waals surface area contributed by atoms with Crippen LogP contribution in [-0.2, 0) is 4.74 Å². The van der Waals surface area contributed by atoms with Gasteiger partial charge in [-0.25, -0.2) is 0 Å². The van der Waals surface area contributed by atoms with E-state index in [0.29, 0.717) is 0 Å². The molecule has 1 unspecified atom stereocenters. The second-order valence-electron chi connectivity index (χ2n) is 4.78. The van der Waals surface area contributed by atoms with Crippen LogP contribution in [0.15, 0.2) is 6.07 Å². The molecule has 1 aromatic rings. The van der Waals surface area contributed by atoms with Gasteiger partial charge in [0.1, 0.15) is 11.6 Å². The fraction of sp³-hybridized carbons (Fsp3) is 0.667. The van der Waals surface area contributed by atoms with Crippen LogP contribution in [0.1, 0.15) is 26.7 Å². The van der Waals surface area contributed by atoms with E-state index >= 15 is 0 Å². The zero-order chi connectivity index (χ0) is 13.0. The molecule has 1 aromatic heterocycles. The summed E-state index contributed by atoms with van der Waals surface area (Å²) < 4.78 is 5.72. The molecule has 0 amide bonds. The second kappa shape index (κ2) is 5.39. The lowest BCUT2D eigenvalue weighted by atomic mass is 10.0. The molecule has 2 heterocycles. The molecular formula is C12H21N5O. The Hall–Kier alpha value is -1.56. The third-order valence-electron chi connectivity index (χ3n) is 3.05. The Balaban J connectivity index is 2.00. The van der Waals surface area contributed by atoms with Crippen molar-refractivity contribution in [1.82, 2.24) is 9.97 Å². The van der Waals surface area contributed by atoms with Gasteiger partial charge in [-0.15, -0.1) is 0 Å². The average molecular weight is 251 g/mol. The Morgan fingerprint density at radius 2 is 2.11 bits per heavy atom. The van der Waals surface area contributed by atoms with Crippen LogP contribution in [0, 0.1) is 0 Å². The van der Waals surface area contributed by atoms with E-state index in [1.807, 2.05) is 13.0 Å². The van der Waals surface area contributed by atoms with Gasteiger partial charge in [0.25, 0.3) is 0 Å². The monoisotopic (exact) mass is 251 g/mol. The number of hydrogen-bond donors (Lipinski definition) is 3. The molecule has 1 atom stereocenters. The smallest absolute Gasteiger partial charge is 0.223 e. The first kappa shape index (κ1) is 12.9. The Labute approximate surface area is 107 Å². The summed E-state index contributed by atoms with van der Waals surface area (Å²) in [6.07, 6.45) is 2.19. The molecule has 0 aromatic carbocycles. The molecule has 0 saturated carbocycles. The van der Waals surface area contributed by atoms with Crippen LogP contribution in [-0.4, -0.2) is 35.3 Å². The van der Waals surface area contributed by atoms with E-state index in [2.05, 4.69) is 27.5 Å². The van der Waals surface area contributed by atoms with E-state index in [9.17, 15) is 0 Å². The number of anilines is 3. The van der Waals surface area contributed by atoms with E-state index in [1.54, 1.807) is 0 Å². The minimum Gasteiger partial charge on any atom is -0.373 e. The molecule has 0 radical (unpaired) electrons. The zero-order valence-electron chi connectivity index (χ0n) is 11.0. The SMILES string of the molecule is CCNc1cc(NCC2(C)CCCO2)nc(N)n1. The van der Waals surface area contributed by atoms with Crippen molar-refractivity contribution in [1.29, 1.82) is 0 Å². The number of nitrogen functional groups attached to an aromatic ring is 1. The van der Waals surface area contributed by atoms with Crippen LogP contribution in [0.2, 0.25) is 0 Å². The normalized spacial score (nSPS) is 23.0. The summed E-state index contributed by atoms with van der Waals surface area (Å²) >= 11 is 0. The van der Waals surface area contributed by atoms with Crippen molar-refractivity contribution in [3.63, 3.8) is 0 Å². The van der Waals surface area contributed by atoms with Gasteiger partial charge >= 0.3 is 0 Å². The van der Waals surface area contributed by atoms with Gasteiger partial charge in [0, 0.05) is 25.8 Å². The van der Waals surface area contributed by atoms with E-state index in [-0.39, 0.29) is 11.5 Å². The van der Waals surface area contributed by atoms with Gasteiger partial charge in [-0.2, -0.15) is 9.97 Å². The van der Waals surface area contributed by atoms with Crippen molar-refractivity contribution in [3.8, 4) is 0 Å². The lowest BCUT2D eigenvalue weighted by Crippen LogP contribution is -2.32. The summed E-state index contributed by atoms with van der Waals surface area (Å²) in [5, 5.41) is 6.39. The van der Waals surface area contributed by atoms with Crippen LogP contribution in [0.4, 0.5) is 17.6 Å². The summed E-state index contributed by atoms with van der Waals surface area (Å²) in [7, 11) is 0. The van der Waals surface area contributed by atoms with Gasteiger partial charge in [-0.1, -0.05) is 0 Å². The number of hydrogen-bond acceptors (Lipinski definition) is 6. The van der Waals surface area contributed by atoms with Crippen molar-refractivity contribution in [2.75, 3.05) is 36.1 Å². The highest BCUT2D eigenvalue weighted by molar-refractivity contribution is 5.51. The predicted octanol–water partition coefficient (Wildman–Crippen LogP) is 1.47. The van der Waals surface area contributed by atoms with Gasteiger partial charge in [-0.05, 0) is 26.7 Å². The molecule has 2 rings (SSSR count). The van der Waals surface area contributed by atoms with Gasteiger partial charge in [0.15, 0.2) is 0 Å². The maximum atomic E-state index is 5.72. The Morgan fingerprint density at radius 3 is 2.72 bits per heavy atom. The quantitative estimate of drug-likeness (QED) is 0.735. The van der Waals surface area contributed by atoms with Gasteiger partial charge in [0.2, 0.25) is 5.95 Å². The van der Waals surface area contributed by atoms with E-state index in [4.69, 9.17) is 10.5 Å². The molecule has 100 valence electrons. The van der Waals surface area contributed by atoms with Crippen molar-refractivity contribution in [2.24, 2.45) is 0 Å². The Morgan fingerprint density at radius 1 is 1.39 bits per heavy atom. The van der Waals surface area contributed by atoms with Crippen molar-refractivity contribution < 1.29 is 4.74 Å². The number of aromatic nitrogens is 2. The first-order valence-electron chi connectivity index (χ1n) is 6.37. The van der Waals surface area contributed by atoms with E-state index < -0.39 is 0 Å². The largest absolute Gasteiger partial charge is 0.373 e. The second-order valence-corrected chi connectivity index (χ2v) is 4.78. The first-order valence-corrected chi connectivity index (χ1v) is 6.37. The standard InChI is InChI=1S/C12H21N5O/c1-3-14-9-7-10(17-11(13)16-9)15-8-12(2)5-4-6-18-12/h7H,3-6,8H2,1-2H3,(H4,13,14,15,16,17). The highest BCUT2D eigenvalue weighted by atomic mass is 16.5. The highest BCUT2D eigenvalue weighted by Crippen LogP contribution is 2.25. The summed E-state index contributed by atoms with van der Waals surface area (Å²) in [5.74, 6) is 1.74. The predicted molar refractivity (Wildman–Crippen MR) is 72.7 cm³/mol. The van der Waals surface area contributed by atoms with Crippen LogP contribution in [0.5, 0.6) is 0 Å². The Bertz CT molecular complexity index is 403. The van der Waals surface area contributed by atoms with Crippen molar-refractivity contribution in [2.45, 2.75) is 32.3 Å². The third kappa shape index (κ3) is 3.22. The molecule has 0 spiro atoms. The molecule has 6 heteroatoms. The molecule has 4 N–H and O–H groups in total. The number of nitrogens with zero attached hydrogens (tertiary/aromatic N) is 2. The van der Waals surface area contributed by atoms with E-state index in [0.717, 1.165) is 44.2 Å². The first-order chi connectivity index (χ1) is 8.61. The number of nitrogens with two attached hydrogens (primary N) is 1. The van der Waals surface area contributed by atoms with Crippen LogP contribution < -0.4 is 16.4 Å². The molecule has 1 saturated heterocycles. The summed E-state index contributed by atoms with van der Waals surface area (Å²) in [4.78, 5) is 8.27. The fourth-order valence-electron chi connectivity index (χ4n) is 2.08. The zero-order valence-corrected chi connectivity index (χ0v) is 11.0. The van der Waals surface area contributed by atoms with E-state index in [1.165, 1.54) is 0 Å². The minimum atomic E-state index is -0.0991. The fourth-order valence-corrected chi connectivity index (χ4v) is 2.08. The summed E-state index contributed by atoms with van der Waals surface area (Å²) in [6, 6.07) is 1.86. The molecule has 18 heavy (non-hydrogen) atoms. The lowest BCUT2D eigenvalue weighted by Gasteiger charge is -2.23. The number of nitrogens with one attached hydrogen (secondary N) is 2. The molecule has 1 aliphatic heterocycles. The molecule has 0 aliphatic carbocycles. The highest BCUT2D eigenvalue weighted by Gasteiger charge is 2.29. The lowest BCUT2D eigenvalue weighted by molar-refractivity contribution is 0.0315. The number of rotatable bonds is 5. The molecular weight excluding hydrogens is 230 g/mol. The average Bonchev–Trinajstić information content (AvgIpc) is 2.74. The van der Waals surface area contributed by atoms with Gasteiger partial charge < -0.3 is 21.1 Å². The molecule has 1 fully saturated rings. The molecule has 1 aliphatic rings. The topological polar surface area (TPSA) is 85.1 Å². The van der Waals surface area contributed by atoms with Crippen molar-refractivity contribution >= 4 is 17.6 Å². The maximum absolute atomic E-state index is 5.72. The minimum absolute atomic E-state index is 0.0991. The maximum Gasteiger partial charge on any atom is 0.223 e. The Kier molecular flexibility index (Phi) is 3.86. The van der Waals surface area contributed by atoms with Crippen LogP contribution in [0.25, 0.3) is 0 Å².